The number of pyridine rings is 1. The normalized spacial score (nSPS) is 10.3. The number of aryl methyl sites for hydroxylation is 2. The first-order chi connectivity index (χ1) is 12.1. The maximum absolute atomic E-state index is 12.0. The number of carbonyl (C=O) groups excluding carboxylic acids is 1. The van der Waals surface area contributed by atoms with Gasteiger partial charge in [0.1, 0.15) is 11.1 Å². The van der Waals surface area contributed by atoms with E-state index in [2.05, 4.69) is 23.3 Å². The molecule has 1 aromatic carbocycles. The first kappa shape index (κ1) is 19.0. The second kappa shape index (κ2) is 9.85. The van der Waals surface area contributed by atoms with Gasteiger partial charge in [0.2, 0.25) is 5.91 Å². The lowest BCUT2D eigenvalue weighted by molar-refractivity contribution is -0.115. The standard InChI is InChI=1S/C20H23N3OS/c1-3-4-5-17-11-8-16(14-21)20(23-17)25-13-12-19(24)22-18-9-6-15(2)7-10-18/h6-11H,3-5,12-13H2,1-2H3,(H,22,24). The van der Waals surface area contributed by atoms with E-state index in [0.29, 0.717) is 17.7 Å². The Balaban J connectivity index is 1.88. The van der Waals surface area contributed by atoms with Crippen LogP contribution < -0.4 is 5.32 Å². The Morgan fingerprint density at radius 2 is 2.00 bits per heavy atom. The van der Waals surface area contributed by atoms with Crippen molar-refractivity contribution in [3.63, 3.8) is 0 Å². The molecule has 0 aliphatic carbocycles. The van der Waals surface area contributed by atoms with Crippen molar-refractivity contribution in [2.45, 2.75) is 44.6 Å². The van der Waals surface area contributed by atoms with E-state index in [1.807, 2.05) is 43.3 Å². The zero-order valence-corrected chi connectivity index (χ0v) is 15.5. The largest absolute Gasteiger partial charge is 0.326 e. The van der Waals surface area contributed by atoms with Crippen molar-refractivity contribution >= 4 is 23.4 Å². The third-order valence-electron chi connectivity index (χ3n) is 3.73. The second-order valence-corrected chi connectivity index (χ2v) is 6.97. The molecule has 2 rings (SSSR count). The molecule has 130 valence electrons. The summed E-state index contributed by atoms with van der Waals surface area (Å²) in [6.45, 7) is 4.16. The Hall–Kier alpha value is -2.32. The molecule has 0 atom stereocenters. The smallest absolute Gasteiger partial charge is 0.225 e. The minimum atomic E-state index is -0.0306. The number of rotatable bonds is 8. The van der Waals surface area contributed by atoms with Crippen LogP contribution in [0.15, 0.2) is 41.4 Å². The molecular formula is C20H23N3OS. The average Bonchev–Trinajstić information content (AvgIpc) is 2.62. The molecule has 2 aromatic rings. The predicted octanol–water partition coefficient (Wildman–Crippen LogP) is 4.73. The van der Waals surface area contributed by atoms with E-state index in [9.17, 15) is 10.1 Å². The van der Waals surface area contributed by atoms with Crippen LogP contribution in [0.25, 0.3) is 0 Å². The number of anilines is 1. The molecule has 0 aliphatic rings. The predicted molar refractivity (Wildman–Crippen MR) is 103 cm³/mol. The molecule has 25 heavy (non-hydrogen) atoms. The van der Waals surface area contributed by atoms with Gasteiger partial charge < -0.3 is 5.32 Å². The topological polar surface area (TPSA) is 65.8 Å². The number of nitrogens with zero attached hydrogens (tertiary/aromatic N) is 2. The highest BCUT2D eigenvalue weighted by Gasteiger charge is 2.08. The van der Waals surface area contributed by atoms with E-state index in [-0.39, 0.29) is 5.91 Å². The van der Waals surface area contributed by atoms with Crippen molar-refractivity contribution in [1.29, 1.82) is 5.26 Å². The summed E-state index contributed by atoms with van der Waals surface area (Å²) in [6, 6.07) is 13.6. The SMILES string of the molecule is CCCCc1ccc(C#N)c(SCCC(=O)Nc2ccc(C)cc2)n1. The Kier molecular flexibility index (Phi) is 7.49. The molecule has 0 spiro atoms. The number of aromatic nitrogens is 1. The first-order valence-corrected chi connectivity index (χ1v) is 9.50. The lowest BCUT2D eigenvalue weighted by Gasteiger charge is -2.07. The number of hydrogen-bond donors (Lipinski definition) is 1. The Morgan fingerprint density at radius 3 is 2.68 bits per heavy atom. The van der Waals surface area contributed by atoms with Gasteiger partial charge in [0.05, 0.1) is 5.56 Å². The number of nitriles is 1. The van der Waals surface area contributed by atoms with E-state index < -0.39 is 0 Å². The number of amides is 1. The van der Waals surface area contributed by atoms with Crippen LogP contribution in [0.5, 0.6) is 0 Å². The molecule has 4 nitrogen and oxygen atoms in total. The molecule has 0 saturated carbocycles. The van der Waals surface area contributed by atoms with Crippen LogP contribution in [0.1, 0.15) is 43.0 Å². The van der Waals surface area contributed by atoms with Crippen molar-refractivity contribution in [3.05, 3.63) is 53.2 Å². The quantitative estimate of drug-likeness (QED) is 0.697. The van der Waals surface area contributed by atoms with Crippen LogP contribution in [0, 0.1) is 18.3 Å². The first-order valence-electron chi connectivity index (χ1n) is 8.51. The molecule has 0 radical (unpaired) electrons. The summed E-state index contributed by atoms with van der Waals surface area (Å²) in [5.41, 5.74) is 3.54. The van der Waals surface area contributed by atoms with Crippen LogP contribution >= 0.6 is 11.8 Å². The monoisotopic (exact) mass is 353 g/mol. The molecule has 0 bridgehead atoms. The van der Waals surface area contributed by atoms with Crippen LogP contribution in [-0.4, -0.2) is 16.6 Å². The third-order valence-corrected chi connectivity index (χ3v) is 4.72. The number of nitrogens with one attached hydrogen (secondary N) is 1. The number of carbonyl (C=O) groups is 1. The fourth-order valence-corrected chi connectivity index (χ4v) is 3.20. The van der Waals surface area contributed by atoms with E-state index in [1.165, 1.54) is 11.8 Å². The summed E-state index contributed by atoms with van der Waals surface area (Å²) < 4.78 is 0. The maximum Gasteiger partial charge on any atom is 0.225 e. The van der Waals surface area contributed by atoms with Crippen LogP contribution in [-0.2, 0) is 11.2 Å². The van der Waals surface area contributed by atoms with Crippen LogP contribution in [0.2, 0.25) is 0 Å². The van der Waals surface area contributed by atoms with Gasteiger partial charge in [-0.15, -0.1) is 11.8 Å². The summed E-state index contributed by atoms with van der Waals surface area (Å²) in [4.78, 5) is 16.6. The molecular weight excluding hydrogens is 330 g/mol. The van der Waals surface area contributed by atoms with E-state index in [0.717, 1.165) is 41.2 Å². The van der Waals surface area contributed by atoms with Crippen molar-refractivity contribution in [2.24, 2.45) is 0 Å². The minimum absolute atomic E-state index is 0.0306. The van der Waals surface area contributed by atoms with Crippen molar-refractivity contribution < 1.29 is 4.79 Å². The number of unbranched alkanes of at least 4 members (excludes halogenated alkanes) is 1. The minimum Gasteiger partial charge on any atom is -0.326 e. The highest BCUT2D eigenvalue weighted by molar-refractivity contribution is 7.99. The molecule has 1 heterocycles. The van der Waals surface area contributed by atoms with Crippen LogP contribution in [0.3, 0.4) is 0 Å². The fraction of sp³-hybridized carbons (Fsp3) is 0.350. The second-order valence-electron chi connectivity index (χ2n) is 5.88. The highest BCUT2D eigenvalue weighted by Crippen LogP contribution is 2.22. The maximum atomic E-state index is 12.0. The molecule has 0 unspecified atom stereocenters. The van der Waals surface area contributed by atoms with Crippen molar-refractivity contribution in [2.75, 3.05) is 11.1 Å². The Labute approximate surface area is 153 Å². The van der Waals surface area contributed by atoms with Gasteiger partial charge in [0, 0.05) is 23.6 Å². The zero-order chi connectivity index (χ0) is 18.1. The lowest BCUT2D eigenvalue weighted by atomic mass is 10.2. The Morgan fingerprint density at radius 1 is 1.24 bits per heavy atom. The van der Waals surface area contributed by atoms with Gasteiger partial charge in [0.25, 0.3) is 0 Å². The fourth-order valence-electron chi connectivity index (χ4n) is 2.27. The Bertz CT molecular complexity index is 751. The van der Waals surface area contributed by atoms with E-state index in [1.54, 1.807) is 0 Å². The van der Waals surface area contributed by atoms with Gasteiger partial charge in [-0.1, -0.05) is 31.0 Å². The molecule has 1 N–H and O–H groups in total. The number of hydrogen-bond acceptors (Lipinski definition) is 4. The van der Waals surface area contributed by atoms with Crippen LogP contribution in [0.4, 0.5) is 5.69 Å². The summed E-state index contributed by atoms with van der Waals surface area (Å²) in [5, 5.41) is 12.8. The summed E-state index contributed by atoms with van der Waals surface area (Å²) in [7, 11) is 0. The number of thioether (sulfide) groups is 1. The average molecular weight is 353 g/mol. The molecule has 0 aliphatic heterocycles. The molecule has 1 aromatic heterocycles. The highest BCUT2D eigenvalue weighted by atomic mass is 32.2. The van der Waals surface area contributed by atoms with Gasteiger partial charge in [-0.05, 0) is 44.0 Å². The molecule has 1 amide bonds. The van der Waals surface area contributed by atoms with Gasteiger partial charge in [-0.25, -0.2) is 4.98 Å². The summed E-state index contributed by atoms with van der Waals surface area (Å²) in [5.74, 6) is 0.563. The van der Waals surface area contributed by atoms with Gasteiger partial charge in [0.15, 0.2) is 0 Å². The van der Waals surface area contributed by atoms with E-state index >= 15 is 0 Å². The zero-order valence-electron chi connectivity index (χ0n) is 14.7. The van der Waals surface area contributed by atoms with Gasteiger partial charge in [-0.2, -0.15) is 5.26 Å². The lowest BCUT2D eigenvalue weighted by Crippen LogP contribution is -2.12. The van der Waals surface area contributed by atoms with Gasteiger partial charge in [-0.3, -0.25) is 4.79 Å². The third kappa shape index (κ3) is 6.24. The molecule has 0 fully saturated rings. The molecule has 5 heteroatoms. The summed E-state index contributed by atoms with van der Waals surface area (Å²) in [6.07, 6.45) is 3.50. The number of benzene rings is 1. The van der Waals surface area contributed by atoms with Crippen molar-refractivity contribution in [1.82, 2.24) is 4.98 Å². The van der Waals surface area contributed by atoms with Crippen molar-refractivity contribution in [3.8, 4) is 6.07 Å². The molecule has 0 saturated heterocycles. The van der Waals surface area contributed by atoms with E-state index in [4.69, 9.17) is 0 Å². The summed E-state index contributed by atoms with van der Waals surface area (Å²) >= 11 is 1.47. The van der Waals surface area contributed by atoms with Gasteiger partial charge >= 0.3 is 0 Å².